The number of unbranched alkanes of at least 4 members (excludes halogenated alkanes) is 1. The highest BCUT2D eigenvalue weighted by atomic mass is 16.5. The standard InChI is InChI=1S/C15H21NO2/c1-4-5-10-16-15(17)13-6-8-14(9-7-13)18-11-12(2)3/h6-9H,2,4-5,10-11H2,1,3H3,(H,16,17). The van der Waals surface area contributed by atoms with E-state index in [2.05, 4.69) is 18.8 Å². The largest absolute Gasteiger partial charge is 0.489 e. The van der Waals surface area contributed by atoms with E-state index in [0.717, 1.165) is 30.7 Å². The van der Waals surface area contributed by atoms with Crippen molar-refractivity contribution in [3.63, 3.8) is 0 Å². The zero-order chi connectivity index (χ0) is 13.4. The van der Waals surface area contributed by atoms with Crippen LogP contribution < -0.4 is 10.1 Å². The maximum Gasteiger partial charge on any atom is 0.251 e. The van der Waals surface area contributed by atoms with E-state index in [4.69, 9.17) is 4.74 Å². The Morgan fingerprint density at radius 1 is 1.33 bits per heavy atom. The van der Waals surface area contributed by atoms with E-state index >= 15 is 0 Å². The first-order valence-corrected chi connectivity index (χ1v) is 6.29. The van der Waals surface area contributed by atoms with Crippen molar-refractivity contribution in [3.05, 3.63) is 42.0 Å². The van der Waals surface area contributed by atoms with Gasteiger partial charge >= 0.3 is 0 Å². The van der Waals surface area contributed by atoms with Crippen LogP contribution in [0.2, 0.25) is 0 Å². The van der Waals surface area contributed by atoms with E-state index in [1.807, 2.05) is 6.92 Å². The molecular formula is C15H21NO2. The molecule has 0 aromatic heterocycles. The number of hydrogen-bond acceptors (Lipinski definition) is 2. The first-order valence-electron chi connectivity index (χ1n) is 6.29. The fourth-order valence-corrected chi connectivity index (χ4v) is 1.39. The molecule has 0 bridgehead atoms. The van der Waals surface area contributed by atoms with Crippen molar-refractivity contribution in [2.75, 3.05) is 13.2 Å². The minimum absolute atomic E-state index is 0.0325. The Morgan fingerprint density at radius 3 is 2.56 bits per heavy atom. The summed E-state index contributed by atoms with van der Waals surface area (Å²) in [4.78, 5) is 11.7. The van der Waals surface area contributed by atoms with Crippen LogP contribution in [0.3, 0.4) is 0 Å². The van der Waals surface area contributed by atoms with E-state index in [1.165, 1.54) is 0 Å². The van der Waals surface area contributed by atoms with Gasteiger partial charge in [0.15, 0.2) is 0 Å². The summed E-state index contributed by atoms with van der Waals surface area (Å²) in [6.45, 7) is 9.01. The van der Waals surface area contributed by atoms with E-state index in [-0.39, 0.29) is 5.91 Å². The lowest BCUT2D eigenvalue weighted by molar-refractivity contribution is 0.0953. The highest BCUT2D eigenvalue weighted by Crippen LogP contribution is 2.12. The molecule has 1 N–H and O–H groups in total. The average molecular weight is 247 g/mol. The van der Waals surface area contributed by atoms with Gasteiger partial charge in [-0.2, -0.15) is 0 Å². The molecule has 18 heavy (non-hydrogen) atoms. The number of amides is 1. The molecule has 0 spiro atoms. The lowest BCUT2D eigenvalue weighted by Crippen LogP contribution is -2.24. The normalized spacial score (nSPS) is 9.89. The Balaban J connectivity index is 2.48. The summed E-state index contributed by atoms with van der Waals surface area (Å²) in [5, 5.41) is 2.88. The predicted molar refractivity (Wildman–Crippen MR) is 74.0 cm³/mol. The quantitative estimate of drug-likeness (QED) is 0.593. The average Bonchev–Trinajstić information content (AvgIpc) is 2.37. The van der Waals surface area contributed by atoms with Crippen LogP contribution in [0, 0.1) is 0 Å². The molecule has 3 heteroatoms. The third kappa shape index (κ3) is 5.04. The topological polar surface area (TPSA) is 38.3 Å². The van der Waals surface area contributed by atoms with E-state index < -0.39 is 0 Å². The van der Waals surface area contributed by atoms with Gasteiger partial charge in [-0.15, -0.1) is 0 Å². The van der Waals surface area contributed by atoms with Crippen molar-refractivity contribution in [1.82, 2.24) is 5.32 Å². The summed E-state index contributed by atoms with van der Waals surface area (Å²) in [5.74, 6) is 0.720. The molecule has 0 saturated carbocycles. The SMILES string of the molecule is C=C(C)COc1ccc(C(=O)NCCCC)cc1. The van der Waals surface area contributed by atoms with Gasteiger partial charge in [0.2, 0.25) is 0 Å². The fraction of sp³-hybridized carbons (Fsp3) is 0.400. The number of benzene rings is 1. The van der Waals surface area contributed by atoms with Crippen molar-refractivity contribution < 1.29 is 9.53 Å². The van der Waals surface area contributed by atoms with Crippen LogP contribution >= 0.6 is 0 Å². The second-order valence-electron chi connectivity index (χ2n) is 4.38. The summed E-state index contributed by atoms with van der Waals surface area (Å²) in [6, 6.07) is 7.15. The Kier molecular flexibility index (Phi) is 5.98. The van der Waals surface area contributed by atoms with Gasteiger partial charge in [-0.3, -0.25) is 4.79 Å². The Bertz CT molecular complexity index is 395. The van der Waals surface area contributed by atoms with Crippen molar-refractivity contribution in [3.8, 4) is 5.75 Å². The van der Waals surface area contributed by atoms with Gasteiger partial charge in [-0.05, 0) is 43.2 Å². The van der Waals surface area contributed by atoms with Crippen LogP contribution in [0.25, 0.3) is 0 Å². The molecule has 1 rings (SSSR count). The summed E-state index contributed by atoms with van der Waals surface area (Å²) < 4.78 is 5.47. The van der Waals surface area contributed by atoms with Crippen molar-refractivity contribution in [1.29, 1.82) is 0 Å². The first kappa shape index (κ1) is 14.3. The van der Waals surface area contributed by atoms with E-state index in [9.17, 15) is 4.79 Å². The molecule has 0 fully saturated rings. The van der Waals surface area contributed by atoms with Gasteiger partial charge in [0, 0.05) is 12.1 Å². The van der Waals surface area contributed by atoms with Crippen LogP contribution in [0.5, 0.6) is 5.75 Å². The predicted octanol–water partition coefficient (Wildman–Crippen LogP) is 3.17. The Labute approximate surface area is 109 Å². The van der Waals surface area contributed by atoms with E-state index in [1.54, 1.807) is 24.3 Å². The molecule has 0 heterocycles. The molecule has 1 aromatic carbocycles. The van der Waals surface area contributed by atoms with Crippen LogP contribution in [-0.4, -0.2) is 19.1 Å². The smallest absolute Gasteiger partial charge is 0.251 e. The molecule has 98 valence electrons. The second kappa shape index (κ2) is 7.54. The van der Waals surface area contributed by atoms with Gasteiger partial charge in [-0.25, -0.2) is 0 Å². The number of nitrogens with one attached hydrogen (secondary N) is 1. The van der Waals surface area contributed by atoms with Gasteiger partial charge in [-0.1, -0.05) is 19.9 Å². The minimum Gasteiger partial charge on any atom is -0.489 e. The summed E-state index contributed by atoms with van der Waals surface area (Å²) in [6.07, 6.45) is 2.08. The highest BCUT2D eigenvalue weighted by Gasteiger charge is 2.04. The molecule has 0 unspecified atom stereocenters. The zero-order valence-corrected chi connectivity index (χ0v) is 11.2. The second-order valence-corrected chi connectivity index (χ2v) is 4.38. The summed E-state index contributed by atoms with van der Waals surface area (Å²) in [5.41, 5.74) is 1.63. The summed E-state index contributed by atoms with van der Waals surface area (Å²) in [7, 11) is 0. The van der Waals surface area contributed by atoms with Gasteiger partial charge in [0.25, 0.3) is 5.91 Å². The number of carbonyl (C=O) groups excluding carboxylic acids is 1. The van der Waals surface area contributed by atoms with Crippen LogP contribution in [0.4, 0.5) is 0 Å². The van der Waals surface area contributed by atoms with Crippen LogP contribution in [0.1, 0.15) is 37.0 Å². The first-order chi connectivity index (χ1) is 8.63. The number of hydrogen-bond donors (Lipinski definition) is 1. The molecule has 0 saturated heterocycles. The van der Waals surface area contributed by atoms with Crippen LogP contribution in [0.15, 0.2) is 36.4 Å². The molecule has 3 nitrogen and oxygen atoms in total. The lowest BCUT2D eigenvalue weighted by Gasteiger charge is -2.07. The molecule has 0 aliphatic rings. The number of carbonyl (C=O) groups is 1. The molecule has 0 aliphatic carbocycles. The maximum absolute atomic E-state index is 11.7. The molecule has 1 aromatic rings. The van der Waals surface area contributed by atoms with Crippen LogP contribution in [-0.2, 0) is 0 Å². The van der Waals surface area contributed by atoms with Gasteiger partial charge < -0.3 is 10.1 Å². The maximum atomic E-state index is 11.7. The third-order valence-electron chi connectivity index (χ3n) is 2.42. The van der Waals surface area contributed by atoms with Crippen molar-refractivity contribution in [2.24, 2.45) is 0 Å². The molecule has 0 radical (unpaired) electrons. The lowest BCUT2D eigenvalue weighted by atomic mass is 10.2. The highest BCUT2D eigenvalue weighted by molar-refractivity contribution is 5.94. The minimum atomic E-state index is -0.0325. The van der Waals surface area contributed by atoms with Gasteiger partial charge in [0.1, 0.15) is 12.4 Å². The van der Waals surface area contributed by atoms with E-state index in [0.29, 0.717) is 12.2 Å². The number of rotatable bonds is 7. The Morgan fingerprint density at radius 2 is 2.00 bits per heavy atom. The molecule has 0 atom stereocenters. The zero-order valence-electron chi connectivity index (χ0n) is 11.2. The molecule has 1 amide bonds. The Hall–Kier alpha value is -1.77. The monoisotopic (exact) mass is 247 g/mol. The number of ether oxygens (including phenoxy) is 1. The van der Waals surface area contributed by atoms with Crippen molar-refractivity contribution in [2.45, 2.75) is 26.7 Å². The molecule has 0 aliphatic heterocycles. The van der Waals surface area contributed by atoms with Gasteiger partial charge in [0.05, 0.1) is 0 Å². The van der Waals surface area contributed by atoms with Crippen molar-refractivity contribution >= 4 is 5.91 Å². The fourth-order valence-electron chi connectivity index (χ4n) is 1.39. The molecular weight excluding hydrogens is 226 g/mol. The summed E-state index contributed by atoms with van der Waals surface area (Å²) >= 11 is 0. The third-order valence-corrected chi connectivity index (χ3v) is 2.42.